The topological polar surface area (TPSA) is 41.6 Å². The van der Waals surface area contributed by atoms with Gasteiger partial charge in [0, 0.05) is 25.6 Å². The van der Waals surface area contributed by atoms with E-state index in [-0.39, 0.29) is 30.1 Å². The van der Waals surface area contributed by atoms with Crippen molar-refractivity contribution in [2.75, 3.05) is 19.6 Å². The van der Waals surface area contributed by atoms with Crippen molar-refractivity contribution in [3.8, 4) is 0 Å². The normalized spacial score (nSPS) is 19.1. The van der Waals surface area contributed by atoms with Crippen LogP contribution in [0.25, 0.3) is 0 Å². The van der Waals surface area contributed by atoms with Gasteiger partial charge in [-0.2, -0.15) is 26.3 Å². The molecule has 0 bridgehead atoms. The van der Waals surface area contributed by atoms with E-state index in [2.05, 4.69) is 11.9 Å². The van der Waals surface area contributed by atoms with Crippen molar-refractivity contribution in [2.45, 2.75) is 37.4 Å². The van der Waals surface area contributed by atoms with E-state index in [9.17, 15) is 31.1 Å². The maximum atomic E-state index is 13.2. The Morgan fingerprint density at radius 1 is 1.06 bits per heavy atom. The first kappa shape index (κ1) is 25.6. The Hall–Kier alpha value is -3.01. The summed E-state index contributed by atoms with van der Waals surface area (Å²) in [5.74, 6) is -0.308. The molecule has 1 N–H and O–H groups in total. The molecule has 1 saturated heterocycles. The summed E-state index contributed by atoms with van der Waals surface area (Å²) in [7, 11) is 0. The van der Waals surface area contributed by atoms with Crippen molar-refractivity contribution in [3.63, 3.8) is 0 Å². The summed E-state index contributed by atoms with van der Waals surface area (Å²) in [4.78, 5) is 14.0. The van der Waals surface area contributed by atoms with Gasteiger partial charge in [0.2, 0.25) is 0 Å². The summed E-state index contributed by atoms with van der Waals surface area (Å²) in [6.45, 7) is 4.03. The Labute approximate surface area is 193 Å². The minimum atomic E-state index is -4.92. The second kappa shape index (κ2) is 10.5. The van der Waals surface area contributed by atoms with E-state index in [0.717, 1.165) is 5.56 Å². The summed E-state index contributed by atoms with van der Waals surface area (Å²) in [6.07, 6.45) is -8.44. The van der Waals surface area contributed by atoms with Crippen molar-refractivity contribution in [2.24, 2.45) is 0 Å². The lowest BCUT2D eigenvalue weighted by molar-refractivity contribution is -0.143. The maximum Gasteiger partial charge on any atom is 0.416 e. The van der Waals surface area contributed by atoms with Gasteiger partial charge in [0.25, 0.3) is 0 Å². The minimum absolute atomic E-state index is 0.0939. The molecule has 1 aliphatic rings. The zero-order valence-electron chi connectivity index (χ0n) is 18.1. The monoisotopic (exact) mass is 486 g/mol. The van der Waals surface area contributed by atoms with Gasteiger partial charge in [-0.15, -0.1) is 6.58 Å². The fourth-order valence-corrected chi connectivity index (χ4v) is 3.91. The van der Waals surface area contributed by atoms with E-state index in [0.29, 0.717) is 31.6 Å². The third kappa shape index (κ3) is 6.53. The fourth-order valence-electron chi connectivity index (χ4n) is 3.91. The minimum Gasteiger partial charge on any atom is -0.373 e. The second-order valence-electron chi connectivity index (χ2n) is 7.99. The molecule has 0 aliphatic carbocycles. The number of nitrogens with one attached hydrogen (secondary N) is 1. The number of carbonyl (C=O) groups is 1. The number of alkyl halides is 6. The number of carbonyl (C=O) groups excluding carboxylic acids is 1. The molecule has 2 atom stereocenters. The number of halogens is 6. The van der Waals surface area contributed by atoms with Gasteiger partial charge in [-0.3, -0.25) is 0 Å². The lowest BCUT2D eigenvalue weighted by atomic mass is 9.88. The number of likely N-dealkylation sites (tertiary alicyclic amines) is 1. The van der Waals surface area contributed by atoms with E-state index in [1.54, 1.807) is 11.0 Å². The number of rotatable bonds is 6. The molecule has 2 aromatic carbocycles. The Morgan fingerprint density at radius 3 is 2.24 bits per heavy atom. The average Bonchev–Trinajstić information content (AvgIpc) is 2.80. The van der Waals surface area contributed by atoms with Gasteiger partial charge >= 0.3 is 18.4 Å². The van der Waals surface area contributed by atoms with E-state index in [1.807, 2.05) is 30.3 Å². The van der Waals surface area contributed by atoms with Crippen LogP contribution in [-0.2, 0) is 23.7 Å². The van der Waals surface area contributed by atoms with Crippen molar-refractivity contribution in [1.82, 2.24) is 10.2 Å². The number of hydrogen-bond acceptors (Lipinski definition) is 2. The van der Waals surface area contributed by atoms with Crippen molar-refractivity contribution >= 4 is 6.03 Å². The molecule has 10 heteroatoms. The molecule has 2 amide bonds. The lowest BCUT2D eigenvalue weighted by Crippen LogP contribution is -2.49. The number of hydrogen-bond donors (Lipinski definition) is 1. The third-order valence-electron chi connectivity index (χ3n) is 5.57. The number of ether oxygens (including phenoxy) is 1. The van der Waals surface area contributed by atoms with Gasteiger partial charge in [-0.05, 0) is 35.7 Å². The first-order chi connectivity index (χ1) is 16.0. The summed E-state index contributed by atoms with van der Waals surface area (Å²) < 4.78 is 84.9. The molecule has 1 fully saturated rings. The van der Waals surface area contributed by atoms with Crippen LogP contribution < -0.4 is 5.32 Å². The zero-order chi connectivity index (χ0) is 24.9. The number of amides is 2. The molecule has 34 heavy (non-hydrogen) atoms. The predicted octanol–water partition coefficient (Wildman–Crippen LogP) is 5.99. The van der Waals surface area contributed by atoms with Crippen LogP contribution in [0.3, 0.4) is 0 Å². The highest BCUT2D eigenvalue weighted by Gasteiger charge is 2.37. The first-order valence-electron chi connectivity index (χ1n) is 10.6. The highest BCUT2D eigenvalue weighted by atomic mass is 19.4. The largest absolute Gasteiger partial charge is 0.416 e. The third-order valence-corrected chi connectivity index (χ3v) is 5.57. The Kier molecular flexibility index (Phi) is 7.91. The Bertz CT molecular complexity index is 959. The van der Waals surface area contributed by atoms with Gasteiger partial charge in [0.05, 0.1) is 23.8 Å². The molecule has 2 unspecified atom stereocenters. The van der Waals surface area contributed by atoms with Crippen LogP contribution in [0.4, 0.5) is 31.1 Å². The van der Waals surface area contributed by atoms with Gasteiger partial charge in [-0.25, -0.2) is 4.79 Å². The molecule has 0 aromatic heterocycles. The molecular weight excluding hydrogens is 462 g/mol. The Morgan fingerprint density at radius 2 is 1.68 bits per heavy atom. The van der Waals surface area contributed by atoms with E-state index in [1.165, 1.54) is 0 Å². The van der Waals surface area contributed by atoms with Gasteiger partial charge < -0.3 is 15.0 Å². The van der Waals surface area contributed by atoms with Crippen LogP contribution in [-0.4, -0.2) is 36.7 Å². The molecule has 0 radical (unpaired) electrons. The molecule has 0 saturated carbocycles. The highest BCUT2D eigenvalue weighted by molar-refractivity contribution is 5.74. The second-order valence-corrected chi connectivity index (χ2v) is 7.99. The van der Waals surface area contributed by atoms with Crippen molar-refractivity contribution in [1.29, 1.82) is 0 Å². The van der Waals surface area contributed by atoms with Crippen LogP contribution in [0.2, 0.25) is 0 Å². The summed E-state index contributed by atoms with van der Waals surface area (Å²) in [5.41, 5.74) is -2.13. The van der Waals surface area contributed by atoms with E-state index in [4.69, 9.17) is 4.74 Å². The Balaban J connectivity index is 1.81. The molecule has 1 aliphatic heterocycles. The van der Waals surface area contributed by atoms with Crippen LogP contribution in [0.15, 0.2) is 61.2 Å². The fraction of sp³-hybridized carbons (Fsp3) is 0.375. The highest BCUT2D eigenvalue weighted by Crippen LogP contribution is 2.37. The summed E-state index contributed by atoms with van der Waals surface area (Å²) >= 11 is 0. The number of piperidine rings is 1. The number of urea groups is 1. The molecule has 2 aromatic rings. The van der Waals surface area contributed by atoms with Gasteiger partial charge in [0.1, 0.15) is 0 Å². The lowest BCUT2D eigenvalue weighted by Gasteiger charge is -2.38. The van der Waals surface area contributed by atoms with Gasteiger partial charge in [-0.1, -0.05) is 36.4 Å². The van der Waals surface area contributed by atoms with Gasteiger partial charge in [0.15, 0.2) is 0 Å². The zero-order valence-corrected chi connectivity index (χ0v) is 18.1. The first-order valence-corrected chi connectivity index (χ1v) is 10.6. The maximum absolute atomic E-state index is 13.2. The van der Waals surface area contributed by atoms with Crippen molar-refractivity contribution in [3.05, 3.63) is 83.4 Å². The number of benzene rings is 2. The van der Waals surface area contributed by atoms with Crippen LogP contribution in [0.5, 0.6) is 0 Å². The molecule has 0 spiro atoms. The SMILES string of the molecule is C=CCNC(=O)N1CCC(OCc2cc(C(F)(F)F)cc(C(F)(F)F)c2)C(c2ccccc2)C1. The molecule has 184 valence electrons. The van der Waals surface area contributed by atoms with Crippen molar-refractivity contribution < 1.29 is 35.9 Å². The summed E-state index contributed by atoms with van der Waals surface area (Å²) in [6, 6.07) is 10.3. The molecule has 1 heterocycles. The summed E-state index contributed by atoms with van der Waals surface area (Å²) in [5, 5.41) is 2.70. The number of nitrogens with zero attached hydrogens (tertiary/aromatic N) is 1. The standard InChI is InChI=1S/C24H24F6N2O2/c1-2-9-31-22(33)32-10-8-21(20(14-32)17-6-4-3-5-7-17)34-15-16-11-18(23(25,26)27)13-19(12-16)24(28,29)30/h2-7,11-13,20-21H,1,8-10,14-15H2,(H,31,33). The van der Waals surface area contributed by atoms with Crippen LogP contribution in [0, 0.1) is 0 Å². The van der Waals surface area contributed by atoms with Crippen LogP contribution in [0.1, 0.15) is 34.6 Å². The molecule has 4 nitrogen and oxygen atoms in total. The molecule has 3 rings (SSSR count). The van der Waals surface area contributed by atoms with E-state index < -0.39 is 36.2 Å². The van der Waals surface area contributed by atoms with E-state index >= 15 is 0 Å². The smallest absolute Gasteiger partial charge is 0.373 e. The van der Waals surface area contributed by atoms with Crippen LogP contribution >= 0.6 is 0 Å². The molecular formula is C24H24F6N2O2. The quantitative estimate of drug-likeness (QED) is 0.402. The predicted molar refractivity (Wildman–Crippen MR) is 114 cm³/mol. The average molecular weight is 486 g/mol.